The van der Waals surface area contributed by atoms with E-state index in [4.69, 9.17) is 4.74 Å². The highest BCUT2D eigenvalue weighted by atomic mass is 32.1. The van der Waals surface area contributed by atoms with E-state index in [-0.39, 0.29) is 12.0 Å². The number of aryl methyl sites for hydroxylation is 1. The first-order valence-corrected chi connectivity index (χ1v) is 7.05. The summed E-state index contributed by atoms with van der Waals surface area (Å²) < 4.78 is 5.47. The summed E-state index contributed by atoms with van der Waals surface area (Å²) in [7, 11) is 1.66. The number of methoxy groups -OCH3 is 1. The van der Waals surface area contributed by atoms with Crippen molar-refractivity contribution >= 4 is 17.2 Å². The second-order valence-corrected chi connectivity index (χ2v) is 5.08. The number of thiophene rings is 1. The fourth-order valence-electron chi connectivity index (χ4n) is 1.95. The average molecular weight is 275 g/mol. The van der Waals surface area contributed by atoms with Crippen molar-refractivity contribution in [3.05, 3.63) is 57.8 Å². The highest BCUT2D eigenvalue weighted by Crippen LogP contribution is 2.19. The normalized spacial score (nSPS) is 12.1. The Morgan fingerprint density at radius 2 is 2.16 bits per heavy atom. The van der Waals surface area contributed by atoms with Crippen molar-refractivity contribution in [2.75, 3.05) is 13.7 Å². The van der Waals surface area contributed by atoms with Crippen LogP contribution >= 0.6 is 11.3 Å². The number of benzene rings is 1. The van der Waals surface area contributed by atoms with E-state index in [1.54, 1.807) is 7.11 Å². The number of hydrogen-bond donors (Lipinski definition) is 1. The summed E-state index contributed by atoms with van der Waals surface area (Å²) in [5, 5.41) is 6.64. The third kappa shape index (κ3) is 3.43. The van der Waals surface area contributed by atoms with Crippen molar-refractivity contribution in [3.63, 3.8) is 0 Å². The topological polar surface area (TPSA) is 38.3 Å². The number of carbonyl (C=O) groups is 1. The molecule has 4 heteroatoms. The molecule has 2 rings (SSSR count). The largest absolute Gasteiger partial charge is 0.375 e. The van der Waals surface area contributed by atoms with Gasteiger partial charge in [-0.15, -0.1) is 0 Å². The lowest BCUT2D eigenvalue weighted by Crippen LogP contribution is -2.29. The first-order valence-electron chi connectivity index (χ1n) is 6.11. The van der Waals surface area contributed by atoms with Crippen LogP contribution in [0.1, 0.15) is 27.6 Å². The van der Waals surface area contributed by atoms with E-state index in [0.717, 1.165) is 5.56 Å². The molecule has 0 unspecified atom stereocenters. The van der Waals surface area contributed by atoms with E-state index >= 15 is 0 Å². The van der Waals surface area contributed by atoms with Crippen molar-refractivity contribution in [2.24, 2.45) is 0 Å². The van der Waals surface area contributed by atoms with Gasteiger partial charge in [0, 0.05) is 24.6 Å². The van der Waals surface area contributed by atoms with Crippen LogP contribution in [0, 0.1) is 6.92 Å². The van der Waals surface area contributed by atoms with Gasteiger partial charge < -0.3 is 10.1 Å². The van der Waals surface area contributed by atoms with Crippen LogP contribution in [0.25, 0.3) is 0 Å². The fraction of sp³-hybridized carbons (Fsp3) is 0.267. The Balaban J connectivity index is 2.01. The highest BCUT2D eigenvalue weighted by molar-refractivity contribution is 7.08. The molecule has 0 aliphatic rings. The second kappa shape index (κ2) is 6.50. The molecule has 0 saturated heterocycles. The maximum Gasteiger partial charge on any atom is 0.252 e. The molecule has 0 radical (unpaired) electrons. The Kier molecular flexibility index (Phi) is 4.71. The van der Waals surface area contributed by atoms with Crippen LogP contribution < -0.4 is 5.32 Å². The Bertz CT molecular complexity index is 537. The Morgan fingerprint density at radius 1 is 1.37 bits per heavy atom. The van der Waals surface area contributed by atoms with Gasteiger partial charge in [0.25, 0.3) is 5.91 Å². The van der Waals surface area contributed by atoms with Crippen LogP contribution in [0.5, 0.6) is 0 Å². The highest BCUT2D eigenvalue weighted by Gasteiger charge is 2.14. The minimum atomic E-state index is -0.121. The number of ether oxygens (including phenoxy) is 1. The third-order valence-corrected chi connectivity index (χ3v) is 3.73. The summed E-state index contributed by atoms with van der Waals surface area (Å²) >= 11 is 1.51. The summed E-state index contributed by atoms with van der Waals surface area (Å²) in [4.78, 5) is 11.9. The molecule has 1 atom stereocenters. The third-order valence-electron chi connectivity index (χ3n) is 3.05. The number of hydrogen-bond acceptors (Lipinski definition) is 3. The zero-order valence-electron chi connectivity index (χ0n) is 11.1. The van der Waals surface area contributed by atoms with Gasteiger partial charge in [-0.2, -0.15) is 11.3 Å². The first-order chi connectivity index (χ1) is 9.22. The quantitative estimate of drug-likeness (QED) is 0.910. The molecular weight excluding hydrogens is 258 g/mol. The van der Waals surface area contributed by atoms with E-state index in [2.05, 4.69) is 5.32 Å². The minimum absolute atomic E-state index is 0.0584. The minimum Gasteiger partial charge on any atom is -0.375 e. The molecule has 2 aromatic rings. The molecule has 1 aromatic carbocycles. The van der Waals surface area contributed by atoms with Crippen molar-refractivity contribution in [1.29, 1.82) is 0 Å². The molecule has 100 valence electrons. The van der Waals surface area contributed by atoms with Gasteiger partial charge in [-0.1, -0.05) is 24.3 Å². The molecular formula is C15H17NO2S. The van der Waals surface area contributed by atoms with E-state index in [9.17, 15) is 4.79 Å². The van der Waals surface area contributed by atoms with Crippen molar-refractivity contribution < 1.29 is 9.53 Å². The van der Waals surface area contributed by atoms with Gasteiger partial charge in [-0.25, -0.2) is 0 Å². The maximum absolute atomic E-state index is 11.9. The van der Waals surface area contributed by atoms with Gasteiger partial charge >= 0.3 is 0 Å². The maximum atomic E-state index is 11.9. The number of amides is 1. The van der Waals surface area contributed by atoms with Gasteiger partial charge in [0.1, 0.15) is 0 Å². The summed E-state index contributed by atoms with van der Waals surface area (Å²) in [6.45, 7) is 2.51. The predicted molar refractivity (Wildman–Crippen MR) is 77.6 cm³/mol. The Morgan fingerprint density at radius 3 is 2.79 bits per heavy atom. The lowest BCUT2D eigenvalue weighted by atomic mass is 10.0. The lowest BCUT2D eigenvalue weighted by Gasteiger charge is -2.18. The van der Waals surface area contributed by atoms with E-state index < -0.39 is 0 Å². The molecule has 0 aliphatic carbocycles. The SMILES string of the molecule is CO[C@H](CNC(=O)c1ccsc1)c1ccccc1C. The van der Waals surface area contributed by atoms with Crippen LogP contribution in [0.3, 0.4) is 0 Å². The molecule has 0 spiro atoms. The van der Waals surface area contributed by atoms with Crippen LogP contribution in [-0.2, 0) is 4.74 Å². The van der Waals surface area contributed by atoms with Crippen molar-refractivity contribution in [2.45, 2.75) is 13.0 Å². The zero-order valence-corrected chi connectivity index (χ0v) is 11.9. The van der Waals surface area contributed by atoms with Crippen LogP contribution in [-0.4, -0.2) is 19.6 Å². The van der Waals surface area contributed by atoms with Gasteiger partial charge in [-0.05, 0) is 29.5 Å². The molecule has 1 amide bonds. The predicted octanol–water partition coefficient (Wildman–Crippen LogP) is 3.17. The average Bonchev–Trinajstić information content (AvgIpc) is 2.95. The van der Waals surface area contributed by atoms with E-state index in [1.165, 1.54) is 16.9 Å². The van der Waals surface area contributed by atoms with Crippen LogP contribution in [0.15, 0.2) is 41.1 Å². The van der Waals surface area contributed by atoms with Crippen molar-refractivity contribution in [3.8, 4) is 0 Å². The zero-order chi connectivity index (χ0) is 13.7. The second-order valence-electron chi connectivity index (χ2n) is 4.30. The van der Waals surface area contributed by atoms with Crippen LogP contribution in [0.2, 0.25) is 0 Å². The van der Waals surface area contributed by atoms with Crippen LogP contribution in [0.4, 0.5) is 0 Å². The summed E-state index contributed by atoms with van der Waals surface area (Å²) in [6.07, 6.45) is -0.121. The molecule has 19 heavy (non-hydrogen) atoms. The molecule has 3 nitrogen and oxygen atoms in total. The summed E-state index contributed by atoms with van der Waals surface area (Å²) in [6, 6.07) is 9.86. The molecule has 0 aliphatic heterocycles. The molecule has 0 saturated carbocycles. The number of nitrogens with one attached hydrogen (secondary N) is 1. The van der Waals surface area contributed by atoms with Gasteiger partial charge in [0.05, 0.1) is 6.10 Å². The fourth-order valence-corrected chi connectivity index (χ4v) is 2.59. The molecule has 1 N–H and O–H groups in total. The van der Waals surface area contributed by atoms with Crippen molar-refractivity contribution in [1.82, 2.24) is 5.32 Å². The number of carbonyl (C=O) groups excluding carboxylic acids is 1. The van der Waals surface area contributed by atoms with Gasteiger partial charge in [-0.3, -0.25) is 4.79 Å². The Labute approximate surface area is 117 Å². The summed E-state index contributed by atoms with van der Waals surface area (Å²) in [5.74, 6) is -0.0584. The number of rotatable bonds is 5. The standard InChI is InChI=1S/C15H17NO2S/c1-11-5-3-4-6-13(11)14(18-2)9-16-15(17)12-7-8-19-10-12/h3-8,10,14H,9H2,1-2H3,(H,16,17)/t14-/m1/s1. The smallest absolute Gasteiger partial charge is 0.252 e. The molecule has 0 bridgehead atoms. The van der Waals surface area contributed by atoms with E-state index in [1.807, 2.05) is 48.0 Å². The first kappa shape index (κ1) is 13.8. The Hall–Kier alpha value is -1.65. The molecule has 0 fully saturated rings. The molecule has 1 aromatic heterocycles. The monoisotopic (exact) mass is 275 g/mol. The van der Waals surface area contributed by atoms with Gasteiger partial charge in [0.15, 0.2) is 0 Å². The lowest BCUT2D eigenvalue weighted by molar-refractivity contribution is 0.0826. The van der Waals surface area contributed by atoms with E-state index in [0.29, 0.717) is 12.1 Å². The molecule has 1 heterocycles. The summed E-state index contributed by atoms with van der Waals surface area (Å²) in [5.41, 5.74) is 2.97. The van der Waals surface area contributed by atoms with Gasteiger partial charge in [0.2, 0.25) is 0 Å².